The number of aromatic hydroxyl groups is 2. The van der Waals surface area contributed by atoms with E-state index in [9.17, 15) is 28.2 Å². The number of aromatic nitrogens is 1. The number of anilines is 1. The van der Waals surface area contributed by atoms with E-state index in [-0.39, 0.29) is 5.75 Å². The maximum atomic E-state index is 13.2. The minimum Gasteiger partial charge on any atom is -0.508 e. The molecule has 1 heterocycles. The number of carbonyl (C=O) groups excluding carboxylic acids is 1. The molecule has 3 N–H and O–H groups in total. The number of rotatable bonds is 3. The molecule has 0 aliphatic carbocycles. The van der Waals surface area contributed by atoms with Crippen molar-refractivity contribution in [3.8, 4) is 22.1 Å². The first-order valence-corrected chi connectivity index (χ1v) is 9.44. The van der Waals surface area contributed by atoms with E-state index in [0.29, 0.717) is 16.8 Å². The molecule has 5 nitrogen and oxygen atoms in total. The minimum atomic E-state index is -4.78. The molecule has 0 spiro atoms. The van der Waals surface area contributed by atoms with Crippen LogP contribution in [0.2, 0.25) is 0 Å². The Balaban J connectivity index is 1.57. The molecular formula is C21H13F3N2O3S. The molecule has 0 saturated heterocycles. The Kier molecular flexibility index (Phi) is 4.83. The molecule has 3 aromatic carbocycles. The van der Waals surface area contributed by atoms with Gasteiger partial charge < -0.3 is 15.5 Å². The van der Waals surface area contributed by atoms with Crippen molar-refractivity contribution in [2.45, 2.75) is 6.18 Å². The zero-order chi connectivity index (χ0) is 21.5. The van der Waals surface area contributed by atoms with Crippen molar-refractivity contribution in [3.05, 3.63) is 71.8 Å². The number of alkyl halides is 3. The molecule has 0 saturated carbocycles. The summed E-state index contributed by atoms with van der Waals surface area (Å²) in [6.07, 6.45) is -4.78. The van der Waals surface area contributed by atoms with Crippen LogP contribution >= 0.6 is 11.3 Å². The van der Waals surface area contributed by atoms with Crippen molar-refractivity contribution in [2.24, 2.45) is 0 Å². The van der Waals surface area contributed by atoms with Crippen molar-refractivity contribution in [1.29, 1.82) is 0 Å². The van der Waals surface area contributed by atoms with E-state index < -0.39 is 29.0 Å². The van der Waals surface area contributed by atoms with Crippen LogP contribution in [0.5, 0.6) is 11.5 Å². The summed E-state index contributed by atoms with van der Waals surface area (Å²) in [6, 6.07) is 13.8. The number of nitrogens with zero attached hydrogens (tertiary/aromatic N) is 1. The quantitative estimate of drug-likeness (QED) is 0.393. The standard InChI is InChI=1S/C21H13F3N2O3S/c22-21(23,24)16-9-13(27)5-7-15(16)19(29)25-12-3-1-11(2-4-12)20-26-17-8-6-14(28)10-18(17)30-20/h1-10,27-28H,(H,25,29). The summed E-state index contributed by atoms with van der Waals surface area (Å²) in [6.45, 7) is 0. The third-order valence-corrected chi connectivity index (χ3v) is 5.38. The van der Waals surface area contributed by atoms with E-state index in [2.05, 4.69) is 10.3 Å². The van der Waals surface area contributed by atoms with Gasteiger partial charge in [-0.25, -0.2) is 4.98 Å². The number of phenolic OH excluding ortho intramolecular Hbond substituents is 2. The first-order chi connectivity index (χ1) is 14.2. The highest BCUT2D eigenvalue weighted by Gasteiger charge is 2.35. The van der Waals surface area contributed by atoms with Crippen LogP contribution in [0.4, 0.5) is 18.9 Å². The van der Waals surface area contributed by atoms with Gasteiger partial charge in [-0.1, -0.05) is 0 Å². The topological polar surface area (TPSA) is 82.5 Å². The van der Waals surface area contributed by atoms with Gasteiger partial charge in [0, 0.05) is 11.3 Å². The molecule has 0 unspecified atom stereocenters. The number of amides is 1. The van der Waals surface area contributed by atoms with Crippen LogP contribution in [0.25, 0.3) is 20.8 Å². The van der Waals surface area contributed by atoms with Crippen molar-refractivity contribution in [2.75, 3.05) is 5.32 Å². The van der Waals surface area contributed by atoms with Gasteiger partial charge in [-0.2, -0.15) is 13.2 Å². The lowest BCUT2D eigenvalue weighted by Gasteiger charge is -2.13. The summed E-state index contributed by atoms with van der Waals surface area (Å²) in [5.41, 5.74) is -0.0000897. The van der Waals surface area contributed by atoms with Gasteiger partial charge in [0.2, 0.25) is 0 Å². The van der Waals surface area contributed by atoms with Crippen LogP contribution in [0, 0.1) is 0 Å². The van der Waals surface area contributed by atoms with Crippen LogP contribution in [-0.2, 0) is 6.18 Å². The molecule has 0 aliphatic rings. The van der Waals surface area contributed by atoms with E-state index in [1.807, 2.05) is 0 Å². The zero-order valence-electron chi connectivity index (χ0n) is 15.1. The Morgan fingerprint density at radius 3 is 2.30 bits per heavy atom. The second-order valence-electron chi connectivity index (χ2n) is 6.43. The number of benzene rings is 3. The summed E-state index contributed by atoms with van der Waals surface area (Å²) in [5.74, 6) is -1.37. The molecule has 1 aromatic heterocycles. The van der Waals surface area contributed by atoms with Crippen molar-refractivity contribution in [1.82, 2.24) is 4.98 Å². The number of halogens is 3. The minimum absolute atomic E-state index is 0.142. The maximum Gasteiger partial charge on any atom is 0.417 e. The number of thiazole rings is 1. The Bertz CT molecular complexity index is 1250. The molecule has 152 valence electrons. The molecule has 4 aromatic rings. The Hall–Kier alpha value is -3.59. The van der Waals surface area contributed by atoms with E-state index in [0.717, 1.165) is 27.9 Å². The van der Waals surface area contributed by atoms with Crippen LogP contribution in [0.15, 0.2) is 60.7 Å². The zero-order valence-corrected chi connectivity index (χ0v) is 15.9. The van der Waals surface area contributed by atoms with Crippen LogP contribution in [0.3, 0.4) is 0 Å². The van der Waals surface area contributed by atoms with Gasteiger partial charge in [-0.3, -0.25) is 4.79 Å². The number of phenols is 2. The largest absolute Gasteiger partial charge is 0.508 e. The predicted molar refractivity (Wildman–Crippen MR) is 108 cm³/mol. The Morgan fingerprint density at radius 2 is 1.60 bits per heavy atom. The average Bonchev–Trinajstić information content (AvgIpc) is 3.11. The Labute approximate surface area is 172 Å². The lowest BCUT2D eigenvalue weighted by atomic mass is 10.1. The summed E-state index contributed by atoms with van der Waals surface area (Å²) >= 11 is 1.38. The highest BCUT2D eigenvalue weighted by Crippen LogP contribution is 2.35. The van der Waals surface area contributed by atoms with Crippen LogP contribution in [0.1, 0.15) is 15.9 Å². The average molecular weight is 430 g/mol. The molecule has 0 radical (unpaired) electrons. The number of hydrogen-bond acceptors (Lipinski definition) is 5. The summed E-state index contributed by atoms with van der Waals surface area (Å²) in [7, 11) is 0. The fourth-order valence-corrected chi connectivity index (χ4v) is 3.90. The summed E-state index contributed by atoms with van der Waals surface area (Å²) in [5, 5.41) is 22.0. The second-order valence-corrected chi connectivity index (χ2v) is 7.46. The second kappa shape index (κ2) is 7.34. The fraction of sp³-hybridized carbons (Fsp3) is 0.0476. The van der Waals surface area contributed by atoms with Gasteiger partial charge in [-0.15, -0.1) is 11.3 Å². The SMILES string of the molecule is O=C(Nc1ccc(-c2nc3ccc(O)cc3s2)cc1)c1ccc(O)cc1C(F)(F)F. The smallest absolute Gasteiger partial charge is 0.417 e. The van der Waals surface area contributed by atoms with Crippen LogP contribution < -0.4 is 5.32 Å². The van der Waals surface area contributed by atoms with Gasteiger partial charge in [0.1, 0.15) is 16.5 Å². The molecule has 4 rings (SSSR count). The molecule has 1 amide bonds. The van der Waals surface area contributed by atoms with Crippen molar-refractivity contribution in [3.63, 3.8) is 0 Å². The normalized spacial score (nSPS) is 11.6. The van der Waals surface area contributed by atoms with Gasteiger partial charge in [0.05, 0.1) is 21.3 Å². The number of fused-ring (bicyclic) bond motifs is 1. The molecule has 0 fully saturated rings. The van der Waals surface area contributed by atoms with Gasteiger partial charge >= 0.3 is 6.18 Å². The van der Waals surface area contributed by atoms with Gasteiger partial charge in [0.25, 0.3) is 5.91 Å². The number of hydrogen-bond donors (Lipinski definition) is 3. The number of carbonyl (C=O) groups is 1. The predicted octanol–water partition coefficient (Wildman–Crippen LogP) is 5.65. The first kappa shape index (κ1) is 19.7. The third kappa shape index (κ3) is 3.92. The molecule has 0 atom stereocenters. The fourth-order valence-electron chi connectivity index (χ4n) is 2.90. The molecule has 30 heavy (non-hydrogen) atoms. The summed E-state index contributed by atoms with van der Waals surface area (Å²) < 4.78 is 40.3. The van der Waals surface area contributed by atoms with Crippen molar-refractivity contribution >= 4 is 33.1 Å². The van der Waals surface area contributed by atoms with E-state index >= 15 is 0 Å². The number of nitrogens with one attached hydrogen (secondary N) is 1. The summed E-state index contributed by atoms with van der Waals surface area (Å²) in [4.78, 5) is 16.9. The van der Waals surface area contributed by atoms with E-state index in [4.69, 9.17) is 0 Å². The lowest BCUT2D eigenvalue weighted by molar-refractivity contribution is -0.138. The van der Waals surface area contributed by atoms with Gasteiger partial charge in [0.15, 0.2) is 0 Å². The monoisotopic (exact) mass is 430 g/mol. The highest BCUT2D eigenvalue weighted by atomic mass is 32.1. The lowest BCUT2D eigenvalue weighted by Crippen LogP contribution is -2.18. The van der Waals surface area contributed by atoms with E-state index in [1.165, 1.54) is 11.3 Å². The molecule has 0 bridgehead atoms. The van der Waals surface area contributed by atoms with E-state index in [1.54, 1.807) is 42.5 Å². The van der Waals surface area contributed by atoms with Crippen molar-refractivity contribution < 1.29 is 28.2 Å². The maximum absolute atomic E-state index is 13.2. The Morgan fingerprint density at radius 1 is 0.933 bits per heavy atom. The third-order valence-electron chi connectivity index (χ3n) is 4.31. The van der Waals surface area contributed by atoms with Gasteiger partial charge in [-0.05, 0) is 60.7 Å². The molecular weight excluding hydrogens is 417 g/mol. The molecule has 9 heteroatoms. The molecule has 0 aliphatic heterocycles. The first-order valence-electron chi connectivity index (χ1n) is 8.62. The van der Waals surface area contributed by atoms with Crippen LogP contribution in [-0.4, -0.2) is 21.1 Å². The highest BCUT2D eigenvalue weighted by molar-refractivity contribution is 7.21.